The molecule has 0 atom stereocenters. The van der Waals surface area contributed by atoms with E-state index < -0.39 is 19.7 Å². The highest BCUT2D eigenvalue weighted by atomic mass is 32.2. The summed E-state index contributed by atoms with van der Waals surface area (Å²) in [6, 6.07) is 15.4. The third-order valence-corrected chi connectivity index (χ3v) is 10.8. The van der Waals surface area contributed by atoms with Crippen molar-refractivity contribution in [1.82, 2.24) is 4.98 Å². The molecule has 2 heterocycles. The van der Waals surface area contributed by atoms with Gasteiger partial charge in [0, 0.05) is 13.1 Å². The number of benzene rings is 2. The minimum absolute atomic E-state index is 0.118. The second-order valence-corrected chi connectivity index (χ2v) is 13.3. The normalized spacial score (nSPS) is 15.8. The van der Waals surface area contributed by atoms with Crippen LogP contribution in [0.3, 0.4) is 0 Å². The van der Waals surface area contributed by atoms with Crippen molar-refractivity contribution in [2.24, 2.45) is 5.92 Å². The molecule has 0 saturated carbocycles. The molecular formula is C23H26N2O4S3. The molecule has 1 aliphatic heterocycles. The van der Waals surface area contributed by atoms with Crippen LogP contribution in [0, 0.1) is 12.8 Å². The van der Waals surface area contributed by atoms with Crippen LogP contribution in [0.15, 0.2) is 68.9 Å². The van der Waals surface area contributed by atoms with Crippen LogP contribution in [-0.2, 0) is 25.4 Å². The Bertz CT molecular complexity index is 1290. The molecule has 0 bridgehead atoms. The number of nitrogens with zero attached hydrogens (tertiary/aromatic N) is 2. The topological polar surface area (TPSA) is 84.4 Å². The van der Waals surface area contributed by atoms with Gasteiger partial charge in [-0.05, 0) is 43.4 Å². The standard InChI is InChI=1S/C23H26N2O4S3/c1-17-8-10-20(11-9-17)32(28,29)21-22(25-14-12-18(2)13-15-25)30-23(24-21)31(26,27)16-19-6-4-3-5-7-19/h3-11,18H,12-16H2,1-2H3. The van der Waals surface area contributed by atoms with Gasteiger partial charge < -0.3 is 4.90 Å². The summed E-state index contributed by atoms with van der Waals surface area (Å²) < 4.78 is 53.1. The van der Waals surface area contributed by atoms with E-state index in [0.717, 1.165) is 29.7 Å². The molecule has 1 saturated heterocycles. The van der Waals surface area contributed by atoms with E-state index in [1.165, 1.54) is 0 Å². The first-order valence-electron chi connectivity index (χ1n) is 10.5. The molecule has 0 aliphatic carbocycles. The highest BCUT2D eigenvalue weighted by molar-refractivity contribution is 7.93. The molecule has 1 aliphatic rings. The summed E-state index contributed by atoms with van der Waals surface area (Å²) in [6.45, 7) is 5.41. The number of anilines is 1. The van der Waals surface area contributed by atoms with Gasteiger partial charge in [0.2, 0.25) is 24.0 Å². The molecule has 0 amide bonds. The molecule has 0 unspecified atom stereocenters. The van der Waals surface area contributed by atoms with Gasteiger partial charge in [-0.25, -0.2) is 21.8 Å². The minimum atomic E-state index is -3.97. The van der Waals surface area contributed by atoms with Gasteiger partial charge in [0.1, 0.15) is 5.00 Å². The quantitative estimate of drug-likeness (QED) is 0.506. The Hall–Kier alpha value is -2.23. The van der Waals surface area contributed by atoms with Crippen molar-refractivity contribution in [3.8, 4) is 0 Å². The highest BCUT2D eigenvalue weighted by Gasteiger charge is 2.33. The zero-order valence-corrected chi connectivity index (χ0v) is 20.5. The molecular weight excluding hydrogens is 464 g/mol. The zero-order valence-electron chi connectivity index (χ0n) is 18.1. The summed E-state index contributed by atoms with van der Waals surface area (Å²) in [5.41, 5.74) is 1.58. The van der Waals surface area contributed by atoms with Crippen molar-refractivity contribution >= 4 is 36.0 Å². The van der Waals surface area contributed by atoms with E-state index >= 15 is 0 Å². The fourth-order valence-electron chi connectivity index (χ4n) is 3.68. The predicted octanol–water partition coefficient (Wildman–Crippen LogP) is 4.49. The van der Waals surface area contributed by atoms with Crippen molar-refractivity contribution in [2.45, 2.75) is 46.7 Å². The second-order valence-electron chi connectivity index (χ2n) is 8.32. The third-order valence-electron chi connectivity index (χ3n) is 5.68. The number of thiazole rings is 1. The highest BCUT2D eigenvalue weighted by Crippen LogP contribution is 2.39. The number of aromatic nitrogens is 1. The summed E-state index contributed by atoms with van der Waals surface area (Å²) >= 11 is 0.966. The lowest BCUT2D eigenvalue weighted by atomic mass is 10.00. The van der Waals surface area contributed by atoms with Crippen molar-refractivity contribution in [3.05, 3.63) is 65.7 Å². The number of rotatable bonds is 6. The van der Waals surface area contributed by atoms with Crippen molar-refractivity contribution < 1.29 is 16.8 Å². The first-order chi connectivity index (χ1) is 15.2. The summed E-state index contributed by atoms with van der Waals surface area (Å²) in [5.74, 6) is 0.333. The number of sulfone groups is 2. The monoisotopic (exact) mass is 490 g/mol. The molecule has 3 aromatic rings. The lowest BCUT2D eigenvalue weighted by Crippen LogP contribution is -2.33. The second kappa shape index (κ2) is 8.96. The van der Waals surface area contributed by atoms with Crippen LogP contribution in [0.1, 0.15) is 30.9 Å². The first-order valence-corrected chi connectivity index (χ1v) is 14.5. The van der Waals surface area contributed by atoms with Crippen LogP contribution in [-0.4, -0.2) is 34.9 Å². The largest absolute Gasteiger partial charge is 0.361 e. The molecule has 4 rings (SSSR count). The van der Waals surface area contributed by atoms with E-state index in [4.69, 9.17) is 0 Å². The Balaban J connectivity index is 1.79. The van der Waals surface area contributed by atoms with Gasteiger partial charge in [-0.15, -0.1) is 0 Å². The first kappa shape index (κ1) is 22.9. The average Bonchev–Trinajstić information content (AvgIpc) is 3.22. The number of piperidine rings is 1. The zero-order chi connectivity index (χ0) is 22.9. The molecule has 1 aromatic heterocycles. The molecule has 2 aromatic carbocycles. The average molecular weight is 491 g/mol. The van der Waals surface area contributed by atoms with Crippen molar-refractivity contribution in [1.29, 1.82) is 0 Å². The smallest absolute Gasteiger partial charge is 0.226 e. The number of aryl methyl sites for hydroxylation is 1. The van der Waals surface area contributed by atoms with Crippen LogP contribution in [0.25, 0.3) is 0 Å². The predicted molar refractivity (Wildman–Crippen MR) is 127 cm³/mol. The van der Waals surface area contributed by atoms with Crippen LogP contribution in [0.5, 0.6) is 0 Å². The van der Waals surface area contributed by atoms with E-state index in [0.29, 0.717) is 29.6 Å². The summed E-state index contributed by atoms with van der Waals surface area (Å²) in [7, 11) is -7.77. The number of hydrogen-bond acceptors (Lipinski definition) is 7. The Labute approximate surface area is 193 Å². The van der Waals surface area contributed by atoms with E-state index in [1.807, 2.05) is 17.9 Å². The molecule has 32 heavy (non-hydrogen) atoms. The van der Waals surface area contributed by atoms with Gasteiger partial charge in [0.25, 0.3) is 0 Å². The third kappa shape index (κ3) is 4.74. The van der Waals surface area contributed by atoms with E-state index in [1.54, 1.807) is 48.5 Å². The Morgan fingerprint density at radius 3 is 2.22 bits per heavy atom. The lowest BCUT2D eigenvalue weighted by Gasteiger charge is -2.31. The van der Waals surface area contributed by atoms with Gasteiger partial charge in [0.15, 0.2) is 5.03 Å². The lowest BCUT2D eigenvalue weighted by molar-refractivity contribution is 0.438. The molecule has 0 spiro atoms. The maximum atomic E-state index is 13.5. The maximum absolute atomic E-state index is 13.5. The van der Waals surface area contributed by atoms with Crippen LogP contribution < -0.4 is 4.90 Å². The van der Waals surface area contributed by atoms with Crippen molar-refractivity contribution in [2.75, 3.05) is 18.0 Å². The molecule has 0 N–H and O–H groups in total. The Kier molecular flexibility index (Phi) is 6.42. The summed E-state index contributed by atoms with van der Waals surface area (Å²) in [6.07, 6.45) is 1.85. The van der Waals surface area contributed by atoms with E-state index in [9.17, 15) is 16.8 Å². The van der Waals surface area contributed by atoms with Gasteiger partial charge >= 0.3 is 0 Å². The molecule has 0 radical (unpaired) electrons. The van der Waals surface area contributed by atoms with Gasteiger partial charge in [-0.2, -0.15) is 0 Å². The fourth-order valence-corrected chi connectivity index (χ4v) is 8.20. The van der Waals surface area contributed by atoms with Crippen LogP contribution >= 0.6 is 11.3 Å². The molecule has 6 nitrogen and oxygen atoms in total. The van der Waals surface area contributed by atoms with Gasteiger partial charge in [-0.3, -0.25) is 0 Å². The van der Waals surface area contributed by atoms with Gasteiger partial charge in [0.05, 0.1) is 10.6 Å². The molecule has 1 fully saturated rings. The van der Waals surface area contributed by atoms with Crippen molar-refractivity contribution in [3.63, 3.8) is 0 Å². The van der Waals surface area contributed by atoms with Crippen LogP contribution in [0.4, 0.5) is 5.00 Å². The molecule has 9 heteroatoms. The molecule has 170 valence electrons. The minimum Gasteiger partial charge on any atom is -0.361 e. The van der Waals surface area contributed by atoms with E-state index in [-0.39, 0.29) is 20.0 Å². The fraction of sp³-hybridized carbons (Fsp3) is 0.348. The summed E-state index contributed by atoms with van der Waals surface area (Å²) in [4.78, 5) is 6.33. The SMILES string of the molecule is Cc1ccc(S(=O)(=O)c2nc(S(=O)(=O)Cc3ccccc3)sc2N2CCC(C)CC2)cc1. The Morgan fingerprint density at radius 2 is 1.59 bits per heavy atom. The van der Waals surface area contributed by atoms with Gasteiger partial charge in [-0.1, -0.05) is 66.3 Å². The van der Waals surface area contributed by atoms with E-state index in [2.05, 4.69) is 11.9 Å². The number of hydrogen-bond donors (Lipinski definition) is 0. The summed E-state index contributed by atoms with van der Waals surface area (Å²) in [5, 5.41) is 0.261. The Morgan fingerprint density at radius 1 is 0.969 bits per heavy atom. The van der Waals surface area contributed by atoms with Crippen LogP contribution in [0.2, 0.25) is 0 Å². The maximum Gasteiger partial charge on any atom is 0.226 e.